The highest BCUT2D eigenvalue weighted by molar-refractivity contribution is 7.90. The van der Waals surface area contributed by atoms with E-state index in [1.165, 1.54) is 18.2 Å². The highest BCUT2D eigenvalue weighted by Crippen LogP contribution is 2.21. The van der Waals surface area contributed by atoms with Gasteiger partial charge in [-0.15, -0.1) is 0 Å². The summed E-state index contributed by atoms with van der Waals surface area (Å²) in [6.07, 6.45) is 1.09. The molecular weight excluding hydrogens is 322 g/mol. The van der Waals surface area contributed by atoms with Gasteiger partial charge in [0.1, 0.15) is 0 Å². The quantitative estimate of drug-likeness (QED) is 0.931. The molecule has 1 unspecified atom stereocenters. The molecule has 0 aliphatic heterocycles. The second kappa shape index (κ2) is 6.50. The van der Waals surface area contributed by atoms with Gasteiger partial charge in [-0.3, -0.25) is 4.79 Å². The molecule has 0 saturated carbocycles. The standard InChI is InChI=1S/C16H16ClNO3S/c1-11(12-6-4-3-5-7-12)18-16(19)14-10-13(22(2,20)21)8-9-15(14)17/h3-11H,1-2H3,(H,18,19). The summed E-state index contributed by atoms with van der Waals surface area (Å²) < 4.78 is 23.2. The van der Waals surface area contributed by atoms with E-state index in [0.717, 1.165) is 11.8 Å². The van der Waals surface area contributed by atoms with Crippen LogP contribution in [0.1, 0.15) is 28.9 Å². The van der Waals surface area contributed by atoms with E-state index in [-0.39, 0.29) is 21.5 Å². The third kappa shape index (κ3) is 3.87. The Hall–Kier alpha value is -1.85. The summed E-state index contributed by atoms with van der Waals surface area (Å²) in [4.78, 5) is 12.4. The number of carbonyl (C=O) groups is 1. The van der Waals surface area contributed by atoms with Crippen LogP contribution in [0.3, 0.4) is 0 Å². The summed E-state index contributed by atoms with van der Waals surface area (Å²) in [7, 11) is -3.39. The summed E-state index contributed by atoms with van der Waals surface area (Å²) in [6, 6.07) is 13.3. The van der Waals surface area contributed by atoms with Gasteiger partial charge in [0.2, 0.25) is 0 Å². The van der Waals surface area contributed by atoms with Gasteiger partial charge in [0, 0.05) is 6.26 Å². The Labute approximate surface area is 135 Å². The molecule has 0 aliphatic rings. The lowest BCUT2D eigenvalue weighted by atomic mass is 10.1. The Kier molecular flexibility index (Phi) is 4.88. The van der Waals surface area contributed by atoms with Gasteiger partial charge in [-0.05, 0) is 30.7 Å². The van der Waals surface area contributed by atoms with E-state index >= 15 is 0 Å². The van der Waals surface area contributed by atoms with E-state index in [4.69, 9.17) is 11.6 Å². The van der Waals surface area contributed by atoms with E-state index in [1.807, 2.05) is 37.3 Å². The van der Waals surface area contributed by atoms with Crippen molar-refractivity contribution in [1.29, 1.82) is 0 Å². The SMILES string of the molecule is CC(NC(=O)c1cc(S(C)(=O)=O)ccc1Cl)c1ccccc1. The Morgan fingerprint density at radius 2 is 1.77 bits per heavy atom. The molecule has 0 spiro atoms. The fraction of sp³-hybridized carbons (Fsp3) is 0.188. The Bertz CT molecular complexity index is 788. The van der Waals surface area contributed by atoms with Crippen molar-refractivity contribution < 1.29 is 13.2 Å². The lowest BCUT2D eigenvalue weighted by Gasteiger charge is -2.15. The van der Waals surface area contributed by atoms with Crippen molar-refractivity contribution in [3.63, 3.8) is 0 Å². The molecule has 2 rings (SSSR count). The smallest absolute Gasteiger partial charge is 0.253 e. The number of rotatable bonds is 4. The van der Waals surface area contributed by atoms with Crippen LogP contribution in [0.2, 0.25) is 5.02 Å². The average Bonchev–Trinajstić information content (AvgIpc) is 2.47. The van der Waals surface area contributed by atoms with Gasteiger partial charge < -0.3 is 5.32 Å². The maximum atomic E-state index is 12.3. The van der Waals surface area contributed by atoms with Crippen LogP contribution in [0, 0.1) is 0 Å². The molecule has 22 heavy (non-hydrogen) atoms. The van der Waals surface area contributed by atoms with E-state index in [9.17, 15) is 13.2 Å². The van der Waals surface area contributed by atoms with E-state index in [0.29, 0.717) is 0 Å². The monoisotopic (exact) mass is 337 g/mol. The number of sulfone groups is 1. The summed E-state index contributed by atoms with van der Waals surface area (Å²) in [6.45, 7) is 1.85. The number of hydrogen-bond acceptors (Lipinski definition) is 3. The molecule has 1 N–H and O–H groups in total. The van der Waals surface area contributed by atoms with Crippen LogP contribution in [-0.4, -0.2) is 20.6 Å². The highest BCUT2D eigenvalue weighted by atomic mass is 35.5. The van der Waals surface area contributed by atoms with Crippen LogP contribution < -0.4 is 5.32 Å². The van der Waals surface area contributed by atoms with Crippen molar-refractivity contribution >= 4 is 27.3 Å². The number of carbonyl (C=O) groups excluding carboxylic acids is 1. The summed E-state index contributed by atoms with van der Waals surface area (Å²) in [5.41, 5.74) is 1.10. The fourth-order valence-electron chi connectivity index (χ4n) is 2.01. The van der Waals surface area contributed by atoms with Crippen molar-refractivity contribution in [2.24, 2.45) is 0 Å². The number of amides is 1. The molecule has 6 heteroatoms. The third-order valence-electron chi connectivity index (χ3n) is 3.26. The molecule has 1 atom stereocenters. The Morgan fingerprint density at radius 1 is 1.14 bits per heavy atom. The molecule has 116 valence electrons. The summed E-state index contributed by atoms with van der Waals surface area (Å²) in [5, 5.41) is 3.03. The molecule has 0 radical (unpaired) electrons. The zero-order chi connectivity index (χ0) is 16.3. The Balaban J connectivity index is 2.26. The minimum Gasteiger partial charge on any atom is -0.345 e. The maximum Gasteiger partial charge on any atom is 0.253 e. The molecule has 1 amide bonds. The molecule has 4 nitrogen and oxygen atoms in total. The average molecular weight is 338 g/mol. The van der Waals surface area contributed by atoms with Gasteiger partial charge in [0.15, 0.2) is 9.84 Å². The van der Waals surface area contributed by atoms with E-state index < -0.39 is 15.7 Å². The topological polar surface area (TPSA) is 63.2 Å². The normalized spacial score (nSPS) is 12.7. The van der Waals surface area contributed by atoms with Gasteiger partial charge in [-0.25, -0.2) is 8.42 Å². The predicted molar refractivity (Wildman–Crippen MR) is 86.9 cm³/mol. The first-order valence-electron chi connectivity index (χ1n) is 6.64. The van der Waals surface area contributed by atoms with E-state index in [2.05, 4.69) is 5.32 Å². The second-order valence-corrected chi connectivity index (χ2v) is 7.44. The zero-order valence-electron chi connectivity index (χ0n) is 12.2. The van der Waals surface area contributed by atoms with Crippen molar-refractivity contribution in [3.8, 4) is 0 Å². The molecule has 2 aromatic rings. The van der Waals surface area contributed by atoms with Crippen molar-refractivity contribution in [2.45, 2.75) is 17.9 Å². The molecule has 0 heterocycles. The number of nitrogens with one attached hydrogen (secondary N) is 1. The van der Waals surface area contributed by atoms with Gasteiger partial charge >= 0.3 is 0 Å². The van der Waals surface area contributed by atoms with Gasteiger partial charge in [0.05, 0.1) is 21.5 Å². The lowest BCUT2D eigenvalue weighted by Crippen LogP contribution is -2.27. The molecule has 0 fully saturated rings. The van der Waals surface area contributed by atoms with Crippen molar-refractivity contribution in [2.75, 3.05) is 6.26 Å². The molecule has 0 saturated heterocycles. The largest absolute Gasteiger partial charge is 0.345 e. The minimum absolute atomic E-state index is 0.0643. The zero-order valence-corrected chi connectivity index (χ0v) is 13.8. The van der Waals surface area contributed by atoms with Gasteiger partial charge in [-0.2, -0.15) is 0 Å². The molecule has 0 aliphatic carbocycles. The summed E-state index contributed by atoms with van der Waals surface area (Å²) >= 11 is 6.01. The van der Waals surface area contributed by atoms with Crippen LogP contribution in [-0.2, 0) is 9.84 Å². The number of hydrogen-bond donors (Lipinski definition) is 1. The highest BCUT2D eigenvalue weighted by Gasteiger charge is 2.17. The molecule has 0 bridgehead atoms. The molecular formula is C16H16ClNO3S. The number of benzene rings is 2. The van der Waals surface area contributed by atoms with Crippen LogP contribution in [0.25, 0.3) is 0 Å². The van der Waals surface area contributed by atoms with Crippen LogP contribution >= 0.6 is 11.6 Å². The molecule has 2 aromatic carbocycles. The number of halogens is 1. The van der Waals surface area contributed by atoms with Crippen LogP contribution in [0.5, 0.6) is 0 Å². The van der Waals surface area contributed by atoms with Crippen molar-refractivity contribution in [3.05, 3.63) is 64.7 Å². The minimum atomic E-state index is -3.39. The van der Waals surface area contributed by atoms with Crippen LogP contribution in [0.4, 0.5) is 0 Å². The lowest BCUT2D eigenvalue weighted by molar-refractivity contribution is 0.0940. The fourth-order valence-corrected chi connectivity index (χ4v) is 2.86. The first kappa shape index (κ1) is 16.5. The predicted octanol–water partition coefficient (Wildman–Crippen LogP) is 3.23. The van der Waals surface area contributed by atoms with Gasteiger partial charge in [-0.1, -0.05) is 41.9 Å². The first-order valence-corrected chi connectivity index (χ1v) is 8.91. The Morgan fingerprint density at radius 3 is 2.36 bits per heavy atom. The molecule has 0 aromatic heterocycles. The third-order valence-corrected chi connectivity index (χ3v) is 4.70. The second-order valence-electron chi connectivity index (χ2n) is 5.02. The summed E-state index contributed by atoms with van der Waals surface area (Å²) in [5.74, 6) is -0.410. The maximum absolute atomic E-state index is 12.3. The van der Waals surface area contributed by atoms with E-state index in [1.54, 1.807) is 0 Å². The van der Waals surface area contributed by atoms with Crippen LogP contribution in [0.15, 0.2) is 53.4 Å². The van der Waals surface area contributed by atoms with Crippen molar-refractivity contribution in [1.82, 2.24) is 5.32 Å². The van der Waals surface area contributed by atoms with Gasteiger partial charge in [0.25, 0.3) is 5.91 Å². The first-order chi connectivity index (χ1) is 10.3.